The molecule has 1 aromatic carbocycles. The maximum atomic E-state index is 12.3. The minimum atomic E-state index is -0.166. The Labute approximate surface area is 147 Å². The highest BCUT2D eigenvalue weighted by Crippen LogP contribution is 2.23. The molecule has 0 radical (unpaired) electrons. The van der Waals surface area contributed by atoms with E-state index in [9.17, 15) is 4.79 Å². The third-order valence-corrected chi connectivity index (χ3v) is 4.91. The average molecular weight is 346 g/mol. The summed E-state index contributed by atoms with van der Waals surface area (Å²) in [7, 11) is 0. The largest absolute Gasteiger partial charge is 0.310 e. The van der Waals surface area contributed by atoms with E-state index in [-0.39, 0.29) is 11.0 Å². The van der Waals surface area contributed by atoms with Gasteiger partial charge >= 0.3 is 0 Å². The SMILES string of the molecule is Cc1ccc(CN2CCc3c(nc(C(C)(C)C)[nH]c3=O)C2)cc1Cl. The number of aromatic amines is 1. The first-order chi connectivity index (χ1) is 11.2. The number of hydrogen-bond acceptors (Lipinski definition) is 3. The van der Waals surface area contributed by atoms with Gasteiger partial charge in [0, 0.05) is 35.6 Å². The molecule has 0 bridgehead atoms. The van der Waals surface area contributed by atoms with Gasteiger partial charge in [0.15, 0.2) is 0 Å². The van der Waals surface area contributed by atoms with Gasteiger partial charge in [0.25, 0.3) is 5.56 Å². The van der Waals surface area contributed by atoms with E-state index in [2.05, 4.69) is 42.8 Å². The Morgan fingerprint density at radius 1 is 1.33 bits per heavy atom. The van der Waals surface area contributed by atoms with Crippen molar-refractivity contribution in [2.24, 2.45) is 0 Å². The van der Waals surface area contributed by atoms with Crippen LogP contribution in [0.2, 0.25) is 5.02 Å². The average Bonchev–Trinajstić information content (AvgIpc) is 2.50. The van der Waals surface area contributed by atoms with Gasteiger partial charge in [0.2, 0.25) is 0 Å². The summed E-state index contributed by atoms with van der Waals surface area (Å²) in [6, 6.07) is 6.19. The molecule has 0 saturated carbocycles. The van der Waals surface area contributed by atoms with Gasteiger partial charge in [-0.15, -0.1) is 0 Å². The molecule has 2 heterocycles. The molecule has 24 heavy (non-hydrogen) atoms. The molecule has 1 N–H and O–H groups in total. The molecule has 0 unspecified atom stereocenters. The molecule has 2 aromatic rings. The number of hydrogen-bond donors (Lipinski definition) is 1. The van der Waals surface area contributed by atoms with Gasteiger partial charge in [-0.2, -0.15) is 0 Å². The molecule has 4 nitrogen and oxygen atoms in total. The summed E-state index contributed by atoms with van der Waals surface area (Å²) in [6.07, 6.45) is 0.738. The Morgan fingerprint density at radius 2 is 2.08 bits per heavy atom. The van der Waals surface area contributed by atoms with Crippen LogP contribution in [0.5, 0.6) is 0 Å². The molecule has 0 aliphatic carbocycles. The van der Waals surface area contributed by atoms with Crippen LogP contribution < -0.4 is 5.56 Å². The fourth-order valence-corrected chi connectivity index (χ4v) is 3.18. The van der Waals surface area contributed by atoms with Crippen LogP contribution in [0.3, 0.4) is 0 Å². The summed E-state index contributed by atoms with van der Waals surface area (Å²) >= 11 is 6.23. The van der Waals surface area contributed by atoms with Gasteiger partial charge in [-0.3, -0.25) is 9.69 Å². The fraction of sp³-hybridized carbons (Fsp3) is 0.474. The molecule has 0 saturated heterocycles. The first-order valence-electron chi connectivity index (χ1n) is 8.34. The number of halogens is 1. The molecule has 0 amide bonds. The minimum Gasteiger partial charge on any atom is -0.310 e. The van der Waals surface area contributed by atoms with Gasteiger partial charge in [0.1, 0.15) is 5.82 Å². The summed E-state index contributed by atoms with van der Waals surface area (Å²) in [4.78, 5) is 22.4. The van der Waals surface area contributed by atoms with Crippen molar-refractivity contribution in [2.45, 2.75) is 52.6 Å². The first kappa shape index (κ1) is 17.2. The van der Waals surface area contributed by atoms with Crippen LogP contribution in [0.4, 0.5) is 0 Å². The molecule has 3 rings (SSSR count). The van der Waals surface area contributed by atoms with E-state index in [1.807, 2.05) is 13.0 Å². The highest BCUT2D eigenvalue weighted by molar-refractivity contribution is 6.31. The normalized spacial score (nSPS) is 15.4. The van der Waals surface area contributed by atoms with Crippen LogP contribution in [0.1, 0.15) is 49.0 Å². The molecule has 1 aromatic heterocycles. The van der Waals surface area contributed by atoms with Gasteiger partial charge in [0.05, 0.1) is 5.69 Å². The molecule has 0 fully saturated rings. The Balaban J connectivity index is 1.84. The summed E-state index contributed by atoms with van der Waals surface area (Å²) < 4.78 is 0. The van der Waals surface area contributed by atoms with Crippen molar-refractivity contribution in [2.75, 3.05) is 6.54 Å². The lowest BCUT2D eigenvalue weighted by atomic mass is 9.95. The number of aromatic nitrogens is 2. The second kappa shape index (κ2) is 6.34. The highest BCUT2D eigenvalue weighted by atomic mass is 35.5. The maximum absolute atomic E-state index is 12.3. The third kappa shape index (κ3) is 3.55. The number of fused-ring (bicyclic) bond motifs is 1. The Morgan fingerprint density at radius 3 is 2.75 bits per heavy atom. The van der Waals surface area contributed by atoms with Crippen molar-refractivity contribution in [3.8, 4) is 0 Å². The van der Waals surface area contributed by atoms with Crippen LogP contribution in [0.25, 0.3) is 0 Å². The summed E-state index contributed by atoms with van der Waals surface area (Å²) in [5.41, 5.74) is 3.88. The van der Waals surface area contributed by atoms with Gasteiger partial charge in [-0.05, 0) is 30.5 Å². The standard InChI is InChI=1S/C19H24ClN3O/c1-12-5-6-13(9-15(12)20)10-23-8-7-14-16(11-23)21-18(19(2,3)4)22-17(14)24/h5-6,9H,7-8,10-11H2,1-4H3,(H,21,22,24). The van der Waals surface area contributed by atoms with Crippen molar-refractivity contribution in [1.82, 2.24) is 14.9 Å². The highest BCUT2D eigenvalue weighted by Gasteiger charge is 2.24. The second-order valence-corrected chi connectivity index (χ2v) is 8.04. The van der Waals surface area contributed by atoms with E-state index < -0.39 is 0 Å². The monoisotopic (exact) mass is 345 g/mol. The molecule has 1 aliphatic rings. The van der Waals surface area contributed by atoms with Gasteiger partial charge in [-0.25, -0.2) is 4.98 Å². The summed E-state index contributed by atoms with van der Waals surface area (Å²) in [5.74, 6) is 0.756. The minimum absolute atomic E-state index is 0.0166. The van der Waals surface area contributed by atoms with E-state index >= 15 is 0 Å². The van der Waals surface area contributed by atoms with Crippen LogP contribution in [0.15, 0.2) is 23.0 Å². The van der Waals surface area contributed by atoms with Crippen molar-refractivity contribution in [3.63, 3.8) is 0 Å². The number of nitrogens with one attached hydrogen (secondary N) is 1. The zero-order valence-electron chi connectivity index (χ0n) is 14.7. The zero-order valence-corrected chi connectivity index (χ0v) is 15.5. The van der Waals surface area contributed by atoms with Crippen molar-refractivity contribution in [3.05, 3.63) is 61.8 Å². The topological polar surface area (TPSA) is 49.0 Å². The van der Waals surface area contributed by atoms with Crippen LogP contribution in [0, 0.1) is 6.92 Å². The van der Waals surface area contributed by atoms with Gasteiger partial charge < -0.3 is 4.98 Å². The molecular weight excluding hydrogens is 322 g/mol. The number of nitrogens with zero attached hydrogens (tertiary/aromatic N) is 2. The summed E-state index contributed by atoms with van der Waals surface area (Å²) in [5, 5.41) is 0.800. The molecule has 0 spiro atoms. The van der Waals surface area contributed by atoms with E-state index in [0.717, 1.165) is 47.2 Å². The quantitative estimate of drug-likeness (QED) is 0.904. The van der Waals surface area contributed by atoms with Crippen LogP contribution in [-0.2, 0) is 24.9 Å². The Hall–Kier alpha value is -1.65. The predicted molar refractivity (Wildman–Crippen MR) is 97.6 cm³/mol. The van der Waals surface area contributed by atoms with Crippen LogP contribution >= 0.6 is 11.6 Å². The predicted octanol–water partition coefficient (Wildman–Crippen LogP) is 3.59. The smallest absolute Gasteiger partial charge is 0.254 e. The molecule has 5 heteroatoms. The third-order valence-electron chi connectivity index (χ3n) is 4.51. The van der Waals surface area contributed by atoms with Crippen LogP contribution in [-0.4, -0.2) is 21.4 Å². The van der Waals surface area contributed by atoms with E-state index in [4.69, 9.17) is 16.6 Å². The Kier molecular flexibility index (Phi) is 4.54. The van der Waals surface area contributed by atoms with Crippen molar-refractivity contribution >= 4 is 11.6 Å². The fourth-order valence-electron chi connectivity index (χ4n) is 2.98. The number of aryl methyl sites for hydroxylation is 1. The molecule has 128 valence electrons. The zero-order chi connectivity index (χ0) is 17.5. The van der Waals surface area contributed by atoms with Crippen molar-refractivity contribution in [1.29, 1.82) is 0 Å². The second-order valence-electron chi connectivity index (χ2n) is 7.63. The first-order valence-corrected chi connectivity index (χ1v) is 8.72. The van der Waals surface area contributed by atoms with Gasteiger partial charge in [-0.1, -0.05) is 44.5 Å². The van der Waals surface area contributed by atoms with Crippen molar-refractivity contribution < 1.29 is 0 Å². The number of rotatable bonds is 2. The lowest BCUT2D eigenvalue weighted by molar-refractivity contribution is 0.239. The number of benzene rings is 1. The lowest BCUT2D eigenvalue weighted by Crippen LogP contribution is -2.36. The van der Waals surface area contributed by atoms with E-state index in [0.29, 0.717) is 6.54 Å². The number of H-pyrrole nitrogens is 1. The maximum Gasteiger partial charge on any atom is 0.254 e. The van der Waals surface area contributed by atoms with E-state index in [1.54, 1.807) is 0 Å². The van der Waals surface area contributed by atoms with E-state index in [1.165, 1.54) is 5.56 Å². The molecular formula is C19H24ClN3O. The molecule has 1 aliphatic heterocycles. The Bertz CT molecular complexity index is 820. The summed E-state index contributed by atoms with van der Waals surface area (Å²) in [6.45, 7) is 10.6. The molecule has 0 atom stereocenters. The lowest BCUT2D eigenvalue weighted by Gasteiger charge is -2.29.